The number of para-hydroxylation sites is 1. The molecule has 0 aliphatic rings. The Balaban J connectivity index is 2.02. The lowest BCUT2D eigenvalue weighted by Gasteiger charge is -2.18. The van der Waals surface area contributed by atoms with Gasteiger partial charge in [0, 0.05) is 36.0 Å². The first kappa shape index (κ1) is 17.8. The lowest BCUT2D eigenvalue weighted by atomic mass is 9.88. The number of rotatable bonds is 6. The van der Waals surface area contributed by atoms with E-state index in [0.717, 1.165) is 28.5 Å². The molecule has 0 spiro atoms. The van der Waals surface area contributed by atoms with Crippen molar-refractivity contribution in [1.29, 1.82) is 0 Å². The quantitative estimate of drug-likeness (QED) is 0.585. The van der Waals surface area contributed by atoms with Crippen LogP contribution in [0.3, 0.4) is 0 Å². The Morgan fingerprint density at radius 1 is 1.16 bits per heavy atom. The molecule has 3 rings (SSSR count). The van der Waals surface area contributed by atoms with E-state index < -0.39 is 0 Å². The van der Waals surface area contributed by atoms with E-state index in [4.69, 9.17) is 23.2 Å². The number of hydrogen-bond acceptors (Lipinski definition) is 1. The number of nitrogens with one attached hydrogen (secondary N) is 2. The average Bonchev–Trinajstić information content (AvgIpc) is 3.04. The fourth-order valence-corrected chi connectivity index (χ4v) is 3.35. The molecule has 0 aliphatic heterocycles. The topological polar surface area (TPSA) is 44.9 Å². The molecule has 25 heavy (non-hydrogen) atoms. The zero-order valence-electron chi connectivity index (χ0n) is 14.0. The molecule has 3 nitrogen and oxygen atoms in total. The Kier molecular flexibility index (Phi) is 5.67. The molecule has 0 radical (unpaired) electrons. The largest absolute Gasteiger partial charge is 0.361 e. The minimum absolute atomic E-state index is 0.0307. The van der Waals surface area contributed by atoms with Crippen LogP contribution in [0, 0.1) is 0 Å². The van der Waals surface area contributed by atoms with Gasteiger partial charge in [0.25, 0.3) is 0 Å². The van der Waals surface area contributed by atoms with E-state index in [1.165, 1.54) is 0 Å². The van der Waals surface area contributed by atoms with E-state index >= 15 is 0 Å². The first-order valence-electron chi connectivity index (χ1n) is 8.37. The molecule has 0 saturated heterocycles. The van der Waals surface area contributed by atoms with Crippen molar-refractivity contribution in [1.82, 2.24) is 10.3 Å². The second-order valence-electron chi connectivity index (χ2n) is 6.07. The molecule has 1 atom stereocenters. The van der Waals surface area contributed by atoms with Crippen LogP contribution in [0.4, 0.5) is 0 Å². The molecule has 2 N–H and O–H groups in total. The van der Waals surface area contributed by atoms with Gasteiger partial charge in [0.1, 0.15) is 0 Å². The fourth-order valence-electron chi connectivity index (χ4n) is 3.04. The standard InChI is InChI=1S/C20H20Cl2N2O/c1-2-9-23-20(25)11-15(13-7-8-17(21)18(22)10-13)16-12-24-19-6-4-3-5-14(16)19/h3-8,10,12,15,24H,2,9,11H2,1H3,(H,23,25)/t15-/m0/s1. The third-order valence-electron chi connectivity index (χ3n) is 4.30. The van der Waals surface area contributed by atoms with Gasteiger partial charge in [0.2, 0.25) is 5.91 Å². The van der Waals surface area contributed by atoms with Crippen molar-refractivity contribution in [3.8, 4) is 0 Å². The Hall–Kier alpha value is -1.97. The third kappa shape index (κ3) is 4.00. The van der Waals surface area contributed by atoms with Crippen molar-refractivity contribution in [2.45, 2.75) is 25.7 Å². The van der Waals surface area contributed by atoms with Gasteiger partial charge >= 0.3 is 0 Å². The van der Waals surface area contributed by atoms with Crippen LogP contribution in [0.25, 0.3) is 10.9 Å². The van der Waals surface area contributed by atoms with Gasteiger partial charge in [-0.1, -0.05) is 54.4 Å². The number of aromatic amines is 1. The monoisotopic (exact) mass is 374 g/mol. The summed E-state index contributed by atoms with van der Waals surface area (Å²) in [6, 6.07) is 13.7. The molecule has 0 aliphatic carbocycles. The first-order valence-corrected chi connectivity index (χ1v) is 9.13. The molecular weight excluding hydrogens is 355 g/mol. The third-order valence-corrected chi connectivity index (χ3v) is 5.04. The van der Waals surface area contributed by atoms with Gasteiger partial charge < -0.3 is 10.3 Å². The number of fused-ring (bicyclic) bond motifs is 1. The Labute approximate surface area is 157 Å². The van der Waals surface area contributed by atoms with E-state index in [1.807, 2.05) is 43.5 Å². The number of halogens is 2. The highest BCUT2D eigenvalue weighted by Gasteiger charge is 2.22. The SMILES string of the molecule is CCCNC(=O)C[C@@H](c1ccc(Cl)c(Cl)c1)c1c[nH]c2ccccc12. The lowest BCUT2D eigenvalue weighted by molar-refractivity contribution is -0.121. The van der Waals surface area contributed by atoms with Gasteiger partial charge in [-0.3, -0.25) is 4.79 Å². The van der Waals surface area contributed by atoms with E-state index in [9.17, 15) is 4.79 Å². The van der Waals surface area contributed by atoms with Gasteiger partial charge in [-0.05, 0) is 35.7 Å². The van der Waals surface area contributed by atoms with E-state index in [-0.39, 0.29) is 11.8 Å². The van der Waals surface area contributed by atoms with Gasteiger partial charge in [-0.15, -0.1) is 0 Å². The van der Waals surface area contributed by atoms with Gasteiger partial charge in [-0.25, -0.2) is 0 Å². The number of aromatic nitrogens is 1. The summed E-state index contributed by atoms with van der Waals surface area (Å²) in [5, 5.41) is 5.08. The molecule has 1 amide bonds. The van der Waals surface area contributed by atoms with Crippen LogP contribution in [-0.2, 0) is 4.79 Å². The number of amides is 1. The smallest absolute Gasteiger partial charge is 0.220 e. The van der Waals surface area contributed by atoms with Gasteiger partial charge in [0.15, 0.2) is 0 Å². The summed E-state index contributed by atoms with van der Waals surface area (Å²) in [5.41, 5.74) is 3.11. The van der Waals surface area contributed by atoms with Crippen LogP contribution in [0.5, 0.6) is 0 Å². The number of carbonyl (C=O) groups excluding carboxylic acids is 1. The summed E-state index contributed by atoms with van der Waals surface area (Å²) in [4.78, 5) is 15.7. The van der Waals surface area contributed by atoms with Crippen molar-refractivity contribution in [3.05, 3.63) is 69.8 Å². The number of benzene rings is 2. The Bertz CT molecular complexity index is 888. The molecule has 0 bridgehead atoms. The zero-order chi connectivity index (χ0) is 17.8. The summed E-state index contributed by atoms with van der Waals surface area (Å²) >= 11 is 12.3. The summed E-state index contributed by atoms with van der Waals surface area (Å²) in [5.74, 6) is -0.0639. The molecule has 0 unspecified atom stereocenters. The number of hydrogen-bond donors (Lipinski definition) is 2. The molecule has 5 heteroatoms. The minimum atomic E-state index is -0.0947. The van der Waals surface area contributed by atoms with Crippen molar-refractivity contribution in [2.24, 2.45) is 0 Å². The van der Waals surface area contributed by atoms with Crippen LogP contribution in [0.15, 0.2) is 48.7 Å². The summed E-state index contributed by atoms with van der Waals surface area (Å²) in [6.45, 7) is 2.72. The second kappa shape index (κ2) is 7.94. The maximum Gasteiger partial charge on any atom is 0.220 e. The van der Waals surface area contributed by atoms with Crippen LogP contribution in [0.1, 0.15) is 36.8 Å². The Morgan fingerprint density at radius 2 is 1.96 bits per heavy atom. The molecular formula is C20H20Cl2N2O. The highest BCUT2D eigenvalue weighted by Crippen LogP contribution is 2.35. The van der Waals surface area contributed by atoms with Crippen molar-refractivity contribution in [2.75, 3.05) is 6.54 Å². The summed E-state index contributed by atoms with van der Waals surface area (Å²) < 4.78 is 0. The molecule has 0 saturated carbocycles. The normalized spacial score (nSPS) is 12.3. The lowest BCUT2D eigenvalue weighted by Crippen LogP contribution is -2.26. The van der Waals surface area contributed by atoms with Crippen LogP contribution < -0.4 is 5.32 Å². The van der Waals surface area contributed by atoms with Crippen molar-refractivity contribution in [3.63, 3.8) is 0 Å². The van der Waals surface area contributed by atoms with E-state index in [1.54, 1.807) is 6.07 Å². The fraction of sp³-hybridized carbons (Fsp3) is 0.250. The summed E-state index contributed by atoms with van der Waals surface area (Å²) in [7, 11) is 0. The van der Waals surface area contributed by atoms with Crippen LogP contribution in [-0.4, -0.2) is 17.4 Å². The minimum Gasteiger partial charge on any atom is -0.361 e. The molecule has 2 aromatic carbocycles. The van der Waals surface area contributed by atoms with Crippen molar-refractivity contribution >= 4 is 40.0 Å². The summed E-state index contributed by atoms with van der Waals surface area (Å²) in [6.07, 6.45) is 3.25. The van der Waals surface area contributed by atoms with E-state index in [0.29, 0.717) is 23.0 Å². The molecule has 1 heterocycles. The molecule has 0 fully saturated rings. The van der Waals surface area contributed by atoms with Crippen molar-refractivity contribution < 1.29 is 4.79 Å². The average molecular weight is 375 g/mol. The Morgan fingerprint density at radius 3 is 2.72 bits per heavy atom. The number of carbonyl (C=O) groups is 1. The highest BCUT2D eigenvalue weighted by atomic mass is 35.5. The maximum atomic E-state index is 12.4. The maximum absolute atomic E-state index is 12.4. The molecule has 1 aromatic heterocycles. The first-order chi connectivity index (χ1) is 12.1. The predicted octanol–water partition coefficient (Wildman–Crippen LogP) is 5.52. The molecule has 3 aromatic rings. The van der Waals surface area contributed by atoms with E-state index in [2.05, 4.69) is 16.4 Å². The zero-order valence-corrected chi connectivity index (χ0v) is 15.5. The van der Waals surface area contributed by atoms with Crippen LogP contribution >= 0.6 is 23.2 Å². The van der Waals surface area contributed by atoms with Crippen LogP contribution in [0.2, 0.25) is 10.0 Å². The second-order valence-corrected chi connectivity index (χ2v) is 6.88. The number of H-pyrrole nitrogens is 1. The van der Waals surface area contributed by atoms with Gasteiger partial charge in [-0.2, -0.15) is 0 Å². The molecule has 130 valence electrons. The highest BCUT2D eigenvalue weighted by molar-refractivity contribution is 6.42. The van der Waals surface area contributed by atoms with Gasteiger partial charge in [0.05, 0.1) is 10.0 Å². The predicted molar refractivity (Wildman–Crippen MR) is 105 cm³/mol.